The fraction of sp³-hybridized carbons (Fsp3) is 0.250. The van der Waals surface area contributed by atoms with Gasteiger partial charge in [-0.05, 0) is 50.6 Å². The zero-order valence-electron chi connectivity index (χ0n) is 14.6. The fourth-order valence-corrected chi connectivity index (χ4v) is 3.88. The number of carbonyl (C=O) groups is 1. The monoisotopic (exact) mass is 393 g/mol. The summed E-state index contributed by atoms with van der Waals surface area (Å²) >= 11 is 12.2. The molecule has 1 unspecified atom stereocenters. The first-order valence-electron chi connectivity index (χ1n) is 8.08. The van der Waals surface area contributed by atoms with E-state index < -0.39 is 17.6 Å². The maximum Gasteiger partial charge on any atom is 0.252 e. The molecule has 0 aromatic heterocycles. The lowest BCUT2D eigenvalue weighted by Crippen LogP contribution is -2.48. The van der Waals surface area contributed by atoms with Crippen molar-refractivity contribution in [1.82, 2.24) is 4.90 Å². The van der Waals surface area contributed by atoms with Gasteiger partial charge in [-0.1, -0.05) is 41.4 Å². The summed E-state index contributed by atoms with van der Waals surface area (Å²) in [4.78, 5) is 14.2. The van der Waals surface area contributed by atoms with Crippen molar-refractivity contribution in [3.05, 3.63) is 75.0 Å². The SMILES string of the molecule is CC1=C(c2ccccc2F)C(O)N(C(C)(C)c2cc(Cl)cc(Cl)c2)C1=O. The number of rotatable bonds is 3. The molecule has 0 bridgehead atoms. The average Bonchev–Trinajstić information content (AvgIpc) is 2.77. The highest BCUT2D eigenvalue weighted by atomic mass is 35.5. The van der Waals surface area contributed by atoms with Crippen LogP contribution in [-0.4, -0.2) is 22.1 Å². The number of aliphatic hydroxyl groups is 1. The molecule has 26 heavy (non-hydrogen) atoms. The predicted octanol–water partition coefficient (Wildman–Crippen LogP) is 5.00. The highest BCUT2D eigenvalue weighted by Gasteiger charge is 2.45. The van der Waals surface area contributed by atoms with Crippen LogP contribution in [0.25, 0.3) is 5.57 Å². The number of hydrogen-bond acceptors (Lipinski definition) is 2. The Morgan fingerprint density at radius 2 is 1.69 bits per heavy atom. The minimum atomic E-state index is -1.29. The van der Waals surface area contributed by atoms with Gasteiger partial charge in [0.15, 0.2) is 6.23 Å². The van der Waals surface area contributed by atoms with E-state index in [0.717, 1.165) is 0 Å². The predicted molar refractivity (Wildman–Crippen MR) is 101 cm³/mol. The number of benzene rings is 2. The van der Waals surface area contributed by atoms with Crippen molar-refractivity contribution < 1.29 is 14.3 Å². The molecule has 1 N–H and O–H groups in total. The van der Waals surface area contributed by atoms with Crippen molar-refractivity contribution in [2.24, 2.45) is 0 Å². The second-order valence-corrected chi connectivity index (χ2v) is 7.66. The molecule has 0 radical (unpaired) electrons. The Kier molecular flexibility index (Phi) is 4.86. The number of aliphatic hydroxyl groups excluding tert-OH is 1. The number of hydrogen-bond donors (Lipinski definition) is 1. The van der Waals surface area contributed by atoms with E-state index in [2.05, 4.69) is 0 Å². The quantitative estimate of drug-likeness (QED) is 0.796. The molecular weight excluding hydrogens is 376 g/mol. The second kappa shape index (κ2) is 6.69. The maximum absolute atomic E-state index is 14.3. The van der Waals surface area contributed by atoms with Crippen molar-refractivity contribution >= 4 is 34.7 Å². The summed E-state index contributed by atoms with van der Waals surface area (Å²) < 4.78 is 14.3. The minimum Gasteiger partial charge on any atom is -0.369 e. The van der Waals surface area contributed by atoms with Crippen LogP contribution in [-0.2, 0) is 10.3 Å². The lowest BCUT2D eigenvalue weighted by molar-refractivity contribution is -0.139. The number of amides is 1. The first kappa shape index (κ1) is 18.9. The van der Waals surface area contributed by atoms with Crippen LogP contribution in [0.4, 0.5) is 4.39 Å². The van der Waals surface area contributed by atoms with E-state index in [4.69, 9.17) is 23.2 Å². The molecule has 2 aromatic carbocycles. The molecule has 0 saturated heterocycles. The lowest BCUT2D eigenvalue weighted by Gasteiger charge is -2.39. The Hall–Kier alpha value is -1.88. The van der Waals surface area contributed by atoms with Gasteiger partial charge in [0.05, 0.1) is 5.54 Å². The number of halogens is 3. The first-order valence-corrected chi connectivity index (χ1v) is 8.84. The maximum atomic E-state index is 14.3. The third kappa shape index (κ3) is 3.02. The molecule has 1 heterocycles. The highest BCUT2D eigenvalue weighted by molar-refractivity contribution is 6.34. The van der Waals surface area contributed by atoms with E-state index >= 15 is 0 Å². The summed E-state index contributed by atoms with van der Waals surface area (Å²) in [5, 5.41) is 11.8. The summed E-state index contributed by atoms with van der Waals surface area (Å²) in [6.45, 7) is 5.16. The summed E-state index contributed by atoms with van der Waals surface area (Å²) in [7, 11) is 0. The molecule has 1 atom stereocenters. The Morgan fingerprint density at radius 1 is 1.12 bits per heavy atom. The third-order valence-electron chi connectivity index (χ3n) is 4.78. The van der Waals surface area contributed by atoms with Gasteiger partial charge < -0.3 is 5.11 Å². The normalized spacial score (nSPS) is 18.0. The lowest BCUT2D eigenvalue weighted by atomic mass is 9.91. The summed E-state index contributed by atoms with van der Waals surface area (Å²) in [6.07, 6.45) is -1.29. The van der Waals surface area contributed by atoms with Crippen LogP contribution in [0.5, 0.6) is 0 Å². The van der Waals surface area contributed by atoms with E-state index in [9.17, 15) is 14.3 Å². The molecule has 136 valence electrons. The van der Waals surface area contributed by atoms with E-state index in [1.807, 2.05) is 0 Å². The summed E-state index contributed by atoms with van der Waals surface area (Å²) in [5.41, 5.74) is 0.551. The van der Waals surface area contributed by atoms with Gasteiger partial charge in [0, 0.05) is 26.8 Å². The van der Waals surface area contributed by atoms with Crippen molar-refractivity contribution in [1.29, 1.82) is 0 Å². The van der Waals surface area contributed by atoms with Crippen molar-refractivity contribution in [3.63, 3.8) is 0 Å². The standard InChI is InChI=1S/C20H18Cl2FNO2/c1-11-17(15-6-4-5-7-16(15)23)19(26)24(18(11)25)20(2,3)12-8-13(21)10-14(22)9-12/h4-10,19,26H,1-3H3. The highest BCUT2D eigenvalue weighted by Crippen LogP contribution is 2.42. The van der Waals surface area contributed by atoms with Crippen molar-refractivity contribution in [2.75, 3.05) is 0 Å². The van der Waals surface area contributed by atoms with Crippen molar-refractivity contribution in [2.45, 2.75) is 32.5 Å². The molecule has 3 rings (SSSR count). The molecule has 1 amide bonds. The van der Waals surface area contributed by atoms with Crippen LogP contribution in [0, 0.1) is 5.82 Å². The summed E-state index contributed by atoms with van der Waals surface area (Å²) in [6, 6.07) is 11.1. The zero-order valence-corrected chi connectivity index (χ0v) is 16.1. The van der Waals surface area contributed by atoms with E-state index in [1.165, 1.54) is 11.0 Å². The van der Waals surface area contributed by atoms with Crippen LogP contribution in [0.2, 0.25) is 10.0 Å². The third-order valence-corrected chi connectivity index (χ3v) is 5.22. The van der Waals surface area contributed by atoms with Gasteiger partial charge in [0.1, 0.15) is 5.82 Å². The molecule has 2 aromatic rings. The van der Waals surface area contributed by atoms with Crippen LogP contribution in [0.15, 0.2) is 48.0 Å². The fourth-order valence-electron chi connectivity index (χ4n) is 3.36. The Bertz CT molecular complexity index is 904. The van der Waals surface area contributed by atoms with Crippen LogP contribution < -0.4 is 0 Å². The second-order valence-electron chi connectivity index (χ2n) is 6.78. The van der Waals surface area contributed by atoms with Gasteiger partial charge >= 0.3 is 0 Å². The molecule has 1 aliphatic rings. The van der Waals surface area contributed by atoms with Crippen molar-refractivity contribution in [3.8, 4) is 0 Å². The van der Waals surface area contributed by atoms with E-state index in [0.29, 0.717) is 21.2 Å². The molecule has 1 aliphatic heterocycles. The minimum absolute atomic E-state index is 0.216. The van der Waals surface area contributed by atoms with E-state index in [-0.39, 0.29) is 17.0 Å². The van der Waals surface area contributed by atoms with Crippen LogP contribution >= 0.6 is 23.2 Å². The number of carbonyl (C=O) groups excluding carboxylic acids is 1. The van der Waals surface area contributed by atoms with Gasteiger partial charge in [-0.2, -0.15) is 0 Å². The Labute approximate surface area is 161 Å². The molecule has 3 nitrogen and oxygen atoms in total. The molecule has 0 fully saturated rings. The van der Waals surface area contributed by atoms with Gasteiger partial charge in [-0.25, -0.2) is 4.39 Å². The Balaban J connectivity index is 2.08. The topological polar surface area (TPSA) is 40.5 Å². The largest absolute Gasteiger partial charge is 0.369 e. The van der Waals surface area contributed by atoms with Gasteiger partial charge in [0.2, 0.25) is 0 Å². The molecule has 0 saturated carbocycles. The molecule has 6 heteroatoms. The van der Waals surface area contributed by atoms with Crippen LogP contribution in [0.1, 0.15) is 31.9 Å². The first-order chi connectivity index (χ1) is 12.1. The summed E-state index contributed by atoms with van der Waals surface area (Å²) in [5.74, 6) is -0.851. The van der Waals surface area contributed by atoms with E-state index in [1.54, 1.807) is 57.2 Å². The molecule has 0 spiro atoms. The smallest absolute Gasteiger partial charge is 0.252 e. The van der Waals surface area contributed by atoms with Gasteiger partial charge in [-0.15, -0.1) is 0 Å². The van der Waals surface area contributed by atoms with Crippen LogP contribution in [0.3, 0.4) is 0 Å². The molecular formula is C20H18Cl2FNO2. The Morgan fingerprint density at radius 3 is 2.27 bits per heavy atom. The van der Waals surface area contributed by atoms with Gasteiger partial charge in [0.25, 0.3) is 5.91 Å². The van der Waals surface area contributed by atoms with Gasteiger partial charge in [-0.3, -0.25) is 9.69 Å². The zero-order chi connectivity index (χ0) is 19.2. The molecule has 0 aliphatic carbocycles. The average molecular weight is 394 g/mol. The number of nitrogens with zero attached hydrogens (tertiary/aromatic N) is 1.